The molecule has 0 saturated heterocycles. The van der Waals surface area contributed by atoms with Gasteiger partial charge in [-0.2, -0.15) is 0 Å². The maximum Gasteiger partial charge on any atom is 0.334 e. The molecule has 0 saturated carbocycles. The quantitative estimate of drug-likeness (QED) is 0.647. The number of ether oxygens (including phenoxy) is 1. The maximum atomic E-state index is 11.7. The zero-order valence-corrected chi connectivity index (χ0v) is 11.5. The molecule has 0 bridgehead atoms. The van der Waals surface area contributed by atoms with E-state index in [0.717, 1.165) is 4.47 Å². The predicted molar refractivity (Wildman–Crippen MR) is 71.0 cm³/mol. The lowest BCUT2D eigenvalue weighted by Gasteiger charge is -2.10. The molecule has 0 atom stereocenters. The van der Waals surface area contributed by atoms with Gasteiger partial charge in [-0.15, -0.1) is 0 Å². The van der Waals surface area contributed by atoms with E-state index in [9.17, 15) is 9.59 Å². The first-order valence-electron chi connectivity index (χ1n) is 5.32. The summed E-state index contributed by atoms with van der Waals surface area (Å²) in [5.41, 5.74) is 0.373. The van der Waals surface area contributed by atoms with E-state index in [4.69, 9.17) is 9.84 Å². The lowest BCUT2D eigenvalue weighted by molar-refractivity contribution is -0.133. The minimum Gasteiger partial charge on any atom is -0.488 e. The fourth-order valence-corrected chi connectivity index (χ4v) is 1.62. The van der Waals surface area contributed by atoms with Crippen molar-refractivity contribution in [2.45, 2.75) is 13.3 Å². The Hall–Kier alpha value is -1.62. The number of hydrogen-bond acceptors (Lipinski definition) is 3. The molecule has 1 rings (SSSR count). The van der Waals surface area contributed by atoms with E-state index >= 15 is 0 Å². The Balaban J connectivity index is 2.91. The maximum absolute atomic E-state index is 11.7. The number of benzene rings is 1. The Morgan fingerprint density at radius 3 is 2.67 bits per heavy atom. The summed E-state index contributed by atoms with van der Waals surface area (Å²) in [7, 11) is 0. The minimum atomic E-state index is -1.12. The van der Waals surface area contributed by atoms with Gasteiger partial charge in [-0.1, -0.05) is 29.4 Å². The van der Waals surface area contributed by atoms with Gasteiger partial charge in [0.2, 0.25) is 0 Å². The number of carbonyl (C=O) groups excluding carboxylic acids is 1. The summed E-state index contributed by atoms with van der Waals surface area (Å²) in [6, 6.07) is 5.01. The molecule has 0 heterocycles. The number of rotatable bonds is 6. The highest BCUT2D eigenvalue weighted by Crippen LogP contribution is 2.24. The molecule has 1 N–H and O–H groups in total. The average molecular weight is 313 g/mol. The standard InChI is InChI=1S/C13H13BrO4/c1-3-11(15)10-6-9(14)4-5-12(10)18-7-8(2)13(16)17/h4-6H,2-3,7H2,1H3,(H,16,17). The molecule has 18 heavy (non-hydrogen) atoms. The first-order chi connectivity index (χ1) is 8.45. The van der Waals surface area contributed by atoms with Crippen molar-refractivity contribution in [2.75, 3.05) is 6.61 Å². The Labute approximate surface area is 113 Å². The van der Waals surface area contributed by atoms with Crippen LogP contribution in [0.2, 0.25) is 0 Å². The molecule has 0 spiro atoms. The van der Waals surface area contributed by atoms with Gasteiger partial charge in [-0.3, -0.25) is 4.79 Å². The fraction of sp³-hybridized carbons (Fsp3) is 0.231. The Bertz CT molecular complexity index is 494. The number of carbonyl (C=O) groups is 2. The van der Waals surface area contributed by atoms with Crippen LogP contribution in [0.4, 0.5) is 0 Å². The van der Waals surface area contributed by atoms with Gasteiger partial charge in [0.05, 0.1) is 11.1 Å². The topological polar surface area (TPSA) is 63.6 Å². The van der Waals surface area contributed by atoms with E-state index in [0.29, 0.717) is 17.7 Å². The predicted octanol–water partition coefficient (Wildman–Crippen LogP) is 3.06. The van der Waals surface area contributed by atoms with Gasteiger partial charge in [0.15, 0.2) is 5.78 Å². The molecule has 0 aliphatic carbocycles. The molecule has 0 fully saturated rings. The second-order valence-corrected chi connectivity index (χ2v) is 4.53. The minimum absolute atomic E-state index is 0.0622. The van der Waals surface area contributed by atoms with E-state index in [1.165, 1.54) is 0 Å². The Morgan fingerprint density at radius 1 is 1.44 bits per heavy atom. The highest BCUT2D eigenvalue weighted by molar-refractivity contribution is 9.10. The number of carboxylic acid groups (broad SMARTS) is 1. The van der Waals surface area contributed by atoms with Crippen LogP contribution in [0.25, 0.3) is 0 Å². The molecular weight excluding hydrogens is 300 g/mol. The summed E-state index contributed by atoms with van der Waals surface area (Å²) in [5.74, 6) is -0.810. The molecule has 0 amide bonds. The smallest absolute Gasteiger partial charge is 0.334 e. The second kappa shape index (κ2) is 6.35. The van der Waals surface area contributed by atoms with E-state index in [1.54, 1.807) is 25.1 Å². The van der Waals surface area contributed by atoms with Crippen molar-refractivity contribution in [2.24, 2.45) is 0 Å². The summed E-state index contributed by atoms with van der Waals surface area (Å²) in [5, 5.41) is 8.67. The van der Waals surface area contributed by atoms with Crippen LogP contribution in [0.5, 0.6) is 5.75 Å². The number of aliphatic carboxylic acids is 1. The number of hydrogen-bond donors (Lipinski definition) is 1. The van der Waals surface area contributed by atoms with Gasteiger partial charge in [-0.05, 0) is 18.2 Å². The van der Waals surface area contributed by atoms with Crippen molar-refractivity contribution >= 4 is 27.7 Å². The Kier molecular flexibility index (Phi) is 5.09. The molecule has 5 heteroatoms. The molecule has 0 aliphatic heterocycles. The third-order valence-corrected chi connectivity index (χ3v) is 2.76. The SMILES string of the molecule is C=C(COc1ccc(Br)cc1C(=O)CC)C(=O)O. The number of carboxylic acids is 1. The Morgan fingerprint density at radius 2 is 2.11 bits per heavy atom. The first-order valence-corrected chi connectivity index (χ1v) is 6.11. The number of halogens is 1. The molecule has 0 aromatic heterocycles. The molecule has 96 valence electrons. The fourth-order valence-electron chi connectivity index (χ4n) is 1.26. The van der Waals surface area contributed by atoms with E-state index in [1.807, 2.05) is 0 Å². The number of Topliss-reactive ketones (excluding diaryl/α,β-unsaturated/α-hetero) is 1. The van der Waals surface area contributed by atoms with Crippen LogP contribution in [-0.4, -0.2) is 23.5 Å². The van der Waals surface area contributed by atoms with Gasteiger partial charge in [0, 0.05) is 10.9 Å². The average Bonchev–Trinajstić information content (AvgIpc) is 2.35. The first kappa shape index (κ1) is 14.4. The molecule has 1 aromatic carbocycles. The van der Waals surface area contributed by atoms with Gasteiger partial charge >= 0.3 is 5.97 Å². The van der Waals surface area contributed by atoms with E-state index in [2.05, 4.69) is 22.5 Å². The van der Waals surface area contributed by atoms with E-state index < -0.39 is 5.97 Å². The van der Waals surface area contributed by atoms with Gasteiger partial charge in [0.1, 0.15) is 12.4 Å². The van der Waals surface area contributed by atoms with Crippen molar-refractivity contribution in [1.82, 2.24) is 0 Å². The van der Waals surface area contributed by atoms with E-state index in [-0.39, 0.29) is 18.0 Å². The van der Waals surface area contributed by atoms with Crippen LogP contribution < -0.4 is 4.74 Å². The molecule has 1 aromatic rings. The van der Waals surface area contributed by atoms with Crippen LogP contribution in [-0.2, 0) is 4.79 Å². The zero-order valence-electron chi connectivity index (χ0n) is 9.90. The van der Waals surface area contributed by atoms with Gasteiger partial charge in [-0.25, -0.2) is 4.79 Å². The molecule has 4 nitrogen and oxygen atoms in total. The summed E-state index contributed by atoms with van der Waals surface area (Å²) in [4.78, 5) is 22.3. The lowest BCUT2D eigenvalue weighted by atomic mass is 10.1. The van der Waals surface area contributed by atoms with Crippen LogP contribution in [0.3, 0.4) is 0 Å². The highest BCUT2D eigenvalue weighted by Gasteiger charge is 2.13. The van der Waals surface area contributed by atoms with Crippen LogP contribution >= 0.6 is 15.9 Å². The lowest BCUT2D eigenvalue weighted by Crippen LogP contribution is -2.11. The second-order valence-electron chi connectivity index (χ2n) is 3.61. The largest absolute Gasteiger partial charge is 0.488 e. The zero-order chi connectivity index (χ0) is 13.7. The van der Waals surface area contributed by atoms with Crippen molar-refractivity contribution < 1.29 is 19.4 Å². The molecule has 0 radical (unpaired) electrons. The van der Waals surface area contributed by atoms with Gasteiger partial charge < -0.3 is 9.84 Å². The monoisotopic (exact) mass is 312 g/mol. The highest BCUT2D eigenvalue weighted by atomic mass is 79.9. The third kappa shape index (κ3) is 3.70. The third-order valence-electron chi connectivity index (χ3n) is 2.27. The van der Waals surface area contributed by atoms with Crippen molar-refractivity contribution in [3.05, 3.63) is 40.4 Å². The molecule has 0 aliphatic rings. The van der Waals surface area contributed by atoms with Crippen LogP contribution in [0, 0.1) is 0 Å². The van der Waals surface area contributed by atoms with Crippen LogP contribution in [0.15, 0.2) is 34.8 Å². The summed E-state index contributed by atoms with van der Waals surface area (Å²) in [6.07, 6.45) is 0.354. The summed E-state index contributed by atoms with van der Waals surface area (Å²) < 4.78 is 6.08. The van der Waals surface area contributed by atoms with Gasteiger partial charge in [0.25, 0.3) is 0 Å². The number of ketones is 1. The molecule has 0 unspecified atom stereocenters. The van der Waals surface area contributed by atoms with Crippen molar-refractivity contribution in [1.29, 1.82) is 0 Å². The van der Waals surface area contributed by atoms with Crippen LogP contribution in [0.1, 0.15) is 23.7 Å². The molecular formula is C13H13BrO4. The normalized spacial score (nSPS) is 9.89. The van der Waals surface area contributed by atoms with Crippen molar-refractivity contribution in [3.63, 3.8) is 0 Å². The van der Waals surface area contributed by atoms with Crippen molar-refractivity contribution in [3.8, 4) is 5.75 Å². The summed E-state index contributed by atoms with van der Waals surface area (Å²) in [6.45, 7) is 4.96. The summed E-state index contributed by atoms with van der Waals surface area (Å²) >= 11 is 3.28.